The molecule has 0 fully saturated rings. The van der Waals surface area contributed by atoms with Gasteiger partial charge >= 0.3 is 0 Å². The van der Waals surface area contributed by atoms with E-state index in [-0.39, 0.29) is 5.91 Å². The van der Waals surface area contributed by atoms with Crippen LogP contribution in [0.4, 0.5) is 5.69 Å². The minimum absolute atomic E-state index is 0.191. The van der Waals surface area contributed by atoms with Gasteiger partial charge < -0.3 is 10.1 Å². The first-order chi connectivity index (χ1) is 16.1. The minimum Gasteiger partial charge on any atom is -0.478 e. The van der Waals surface area contributed by atoms with Crippen LogP contribution in [0, 0.1) is 6.92 Å². The van der Waals surface area contributed by atoms with E-state index in [0.717, 1.165) is 31.2 Å². The second-order valence-corrected chi connectivity index (χ2v) is 8.36. The molecule has 0 radical (unpaired) electrons. The normalized spacial score (nSPS) is 11.5. The van der Waals surface area contributed by atoms with Crippen LogP contribution in [-0.4, -0.2) is 17.5 Å². The summed E-state index contributed by atoms with van der Waals surface area (Å²) >= 11 is 6.03. The summed E-state index contributed by atoms with van der Waals surface area (Å²) in [6, 6.07) is 17.4. The van der Waals surface area contributed by atoms with Crippen molar-refractivity contribution in [3.63, 3.8) is 0 Å². The average Bonchev–Trinajstić information content (AvgIpc) is 2.81. The lowest BCUT2D eigenvalue weighted by Gasteiger charge is -2.08. The number of carbonyl (C=O) groups is 1. The van der Waals surface area contributed by atoms with Gasteiger partial charge in [-0.1, -0.05) is 79.4 Å². The van der Waals surface area contributed by atoms with E-state index in [2.05, 4.69) is 29.4 Å². The Morgan fingerprint density at radius 2 is 1.76 bits per heavy atom. The van der Waals surface area contributed by atoms with Gasteiger partial charge in [0, 0.05) is 17.5 Å². The third-order valence-corrected chi connectivity index (χ3v) is 5.62. The summed E-state index contributed by atoms with van der Waals surface area (Å²) in [4.78, 5) is 16.5. The zero-order valence-corrected chi connectivity index (χ0v) is 19.9. The molecule has 2 aromatic carbocycles. The minimum atomic E-state index is -0.191. The van der Waals surface area contributed by atoms with E-state index >= 15 is 0 Å². The van der Waals surface area contributed by atoms with Gasteiger partial charge in [0.2, 0.25) is 11.8 Å². The Kier molecular flexibility index (Phi) is 9.99. The number of benzene rings is 2. The predicted octanol–water partition coefficient (Wildman–Crippen LogP) is 7.67. The molecular weight excluding hydrogens is 432 g/mol. The molecule has 1 amide bonds. The molecule has 1 N–H and O–H groups in total. The van der Waals surface area contributed by atoms with Crippen molar-refractivity contribution in [3.8, 4) is 5.88 Å². The molecule has 0 unspecified atom stereocenters. The van der Waals surface area contributed by atoms with Crippen LogP contribution >= 0.6 is 11.6 Å². The van der Waals surface area contributed by atoms with Gasteiger partial charge in [-0.3, -0.25) is 4.79 Å². The quantitative estimate of drug-likeness (QED) is 0.171. The molecule has 0 saturated carbocycles. The van der Waals surface area contributed by atoms with E-state index in [9.17, 15) is 4.79 Å². The van der Waals surface area contributed by atoms with Crippen molar-refractivity contribution in [1.29, 1.82) is 0 Å². The number of aryl methyl sites for hydroxylation is 1. The number of hydrogen-bond acceptors (Lipinski definition) is 3. The smallest absolute Gasteiger partial charge is 0.248 e. The lowest BCUT2D eigenvalue weighted by Crippen LogP contribution is -2.07. The van der Waals surface area contributed by atoms with E-state index in [1.807, 2.05) is 42.5 Å². The van der Waals surface area contributed by atoms with Crippen LogP contribution in [0.3, 0.4) is 0 Å². The maximum atomic E-state index is 11.9. The summed E-state index contributed by atoms with van der Waals surface area (Å²) < 4.78 is 5.86. The molecule has 33 heavy (non-hydrogen) atoms. The Bertz CT molecular complexity index is 1110. The van der Waals surface area contributed by atoms with Gasteiger partial charge in [0.25, 0.3) is 0 Å². The average molecular weight is 463 g/mol. The van der Waals surface area contributed by atoms with Crippen LogP contribution in [0.1, 0.15) is 44.1 Å². The third-order valence-electron chi connectivity index (χ3n) is 5.29. The lowest BCUT2D eigenvalue weighted by atomic mass is 10.1. The molecule has 4 nitrogen and oxygen atoms in total. The van der Waals surface area contributed by atoms with E-state index in [0.29, 0.717) is 23.2 Å². The van der Waals surface area contributed by atoms with Crippen LogP contribution in [0.15, 0.2) is 78.9 Å². The molecular formula is C28H31ClN2O2. The fourth-order valence-corrected chi connectivity index (χ4v) is 3.70. The van der Waals surface area contributed by atoms with E-state index in [1.54, 1.807) is 18.2 Å². The SMILES string of the molecule is Cc1cc(OCCCCCCC/C=C/C=C/C(=O)Nc2ccccc2Cl)nc2ccccc12. The van der Waals surface area contributed by atoms with E-state index < -0.39 is 0 Å². The maximum Gasteiger partial charge on any atom is 0.248 e. The third kappa shape index (κ3) is 8.39. The molecule has 1 aromatic heterocycles. The summed E-state index contributed by atoms with van der Waals surface area (Å²) in [5, 5.41) is 4.47. The first-order valence-electron chi connectivity index (χ1n) is 11.5. The lowest BCUT2D eigenvalue weighted by molar-refractivity contribution is -0.111. The zero-order valence-electron chi connectivity index (χ0n) is 19.1. The molecule has 0 atom stereocenters. The maximum absolute atomic E-state index is 11.9. The van der Waals surface area contributed by atoms with Crippen molar-refractivity contribution in [2.24, 2.45) is 0 Å². The molecule has 3 rings (SSSR count). The molecule has 0 aliphatic heterocycles. The monoisotopic (exact) mass is 462 g/mol. The fraction of sp³-hybridized carbons (Fsp3) is 0.286. The first kappa shape index (κ1) is 24.5. The second kappa shape index (κ2) is 13.4. The number of anilines is 1. The van der Waals surface area contributed by atoms with E-state index in [1.165, 1.54) is 29.9 Å². The Balaban J connectivity index is 1.22. The Labute approximate surface area is 201 Å². The highest BCUT2D eigenvalue weighted by Gasteiger charge is 2.03. The number of fused-ring (bicyclic) bond motifs is 1. The number of carbonyl (C=O) groups excluding carboxylic acids is 1. The highest BCUT2D eigenvalue weighted by molar-refractivity contribution is 6.33. The standard InChI is InChI=1S/C28H31ClN2O2/c1-22-21-28(31-25-17-12-10-15-23(22)25)33-20-14-8-6-4-2-3-5-7-9-19-27(32)30-26-18-13-11-16-24(26)29/h5,7,9-13,15-19,21H,2-4,6,8,14,20H2,1H3,(H,30,32)/b7-5+,19-9+. The number of hydrogen-bond donors (Lipinski definition) is 1. The number of pyridine rings is 1. The molecule has 0 spiro atoms. The van der Waals surface area contributed by atoms with Gasteiger partial charge in [-0.25, -0.2) is 4.98 Å². The predicted molar refractivity (Wildman–Crippen MR) is 138 cm³/mol. The summed E-state index contributed by atoms with van der Waals surface area (Å²) in [5.41, 5.74) is 2.79. The summed E-state index contributed by atoms with van der Waals surface area (Å²) in [7, 11) is 0. The Hall–Kier alpha value is -3.11. The van der Waals surface area contributed by atoms with Gasteiger partial charge in [-0.2, -0.15) is 0 Å². The number of rotatable bonds is 12. The topological polar surface area (TPSA) is 51.2 Å². The largest absolute Gasteiger partial charge is 0.478 e. The summed E-state index contributed by atoms with van der Waals surface area (Å²) in [6.45, 7) is 2.79. The number of unbranched alkanes of at least 4 members (excludes halogenated alkanes) is 5. The molecule has 0 bridgehead atoms. The molecule has 172 valence electrons. The number of allylic oxidation sites excluding steroid dienone is 3. The number of aromatic nitrogens is 1. The fourth-order valence-electron chi connectivity index (χ4n) is 3.52. The van der Waals surface area contributed by atoms with Crippen molar-refractivity contribution in [1.82, 2.24) is 4.98 Å². The van der Waals surface area contributed by atoms with Gasteiger partial charge in [0.15, 0.2) is 0 Å². The van der Waals surface area contributed by atoms with Crippen LogP contribution in [0.25, 0.3) is 10.9 Å². The van der Waals surface area contributed by atoms with Crippen LogP contribution in [0.2, 0.25) is 5.02 Å². The number of nitrogens with zero attached hydrogens (tertiary/aromatic N) is 1. The highest BCUT2D eigenvalue weighted by atomic mass is 35.5. The second-order valence-electron chi connectivity index (χ2n) is 7.96. The molecule has 5 heteroatoms. The summed E-state index contributed by atoms with van der Waals surface area (Å²) in [6.07, 6.45) is 14.0. The molecule has 0 aliphatic carbocycles. The summed E-state index contributed by atoms with van der Waals surface area (Å²) in [5.74, 6) is 0.522. The number of amides is 1. The van der Waals surface area contributed by atoms with E-state index in [4.69, 9.17) is 16.3 Å². The van der Waals surface area contributed by atoms with Crippen molar-refractivity contribution in [2.75, 3.05) is 11.9 Å². The highest BCUT2D eigenvalue weighted by Crippen LogP contribution is 2.22. The molecule has 0 aliphatic rings. The van der Waals surface area contributed by atoms with Crippen molar-refractivity contribution >= 4 is 34.1 Å². The molecule has 1 heterocycles. The van der Waals surface area contributed by atoms with Crippen LogP contribution in [0.5, 0.6) is 5.88 Å². The number of ether oxygens (including phenoxy) is 1. The van der Waals surface area contributed by atoms with Crippen molar-refractivity contribution in [2.45, 2.75) is 45.4 Å². The molecule has 0 saturated heterocycles. The van der Waals surface area contributed by atoms with Crippen LogP contribution < -0.4 is 10.1 Å². The van der Waals surface area contributed by atoms with Crippen molar-refractivity contribution in [3.05, 3.63) is 89.5 Å². The zero-order chi connectivity index (χ0) is 23.3. The number of nitrogens with one attached hydrogen (secondary N) is 1. The Morgan fingerprint density at radius 3 is 2.64 bits per heavy atom. The first-order valence-corrected chi connectivity index (χ1v) is 11.9. The van der Waals surface area contributed by atoms with Crippen LogP contribution in [-0.2, 0) is 4.79 Å². The van der Waals surface area contributed by atoms with Gasteiger partial charge in [0.1, 0.15) is 0 Å². The molecule has 3 aromatic rings. The number of para-hydroxylation sites is 2. The van der Waals surface area contributed by atoms with Gasteiger partial charge in [-0.15, -0.1) is 0 Å². The van der Waals surface area contributed by atoms with Gasteiger partial charge in [-0.05, 0) is 49.9 Å². The number of halogens is 1. The van der Waals surface area contributed by atoms with Gasteiger partial charge in [0.05, 0.1) is 22.8 Å². The Morgan fingerprint density at radius 1 is 1.00 bits per heavy atom. The van der Waals surface area contributed by atoms with Crippen molar-refractivity contribution < 1.29 is 9.53 Å².